The first-order chi connectivity index (χ1) is 13.6. The minimum atomic E-state index is -0.0264. The molecule has 3 rings (SSSR count). The summed E-state index contributed by atoms with van der Waals surface area (Å²) in [6.45, 7) is 8.09. The van der Waals surface area contributed by atoms with Crippen LogP contribution < -0.4 is 14.8 Å². The summed E-state index contributed by atoms with van der Waals surface area (Å²) in [5.41, 5.74) is 0.811. The summed E-state index contributed by atoms with van der Waals surface area (Å²) >= 11 is 6.31. The predicted molar refractivity (Wildman–Crippen MR) is 107 cm³/mol. The van der Waals surface area contributed by atoms with Crippen LogP contribution in [0.1, 0.15) is 12.0 Å². The Bertz CT molecular complexity index is 732. The van der Waals surface area contributed by atoms with Crippen LogP contribution in [-0.2, 0) is 16.0 Å². The van der Waals surface area contributed by atoms with E-state index in [4.69, 9.17) is 21.1 Å². The Labute approximate surface area is 170 Å². The van der Waals surface area contributed by atoms with Gasteiger partial charge in [-0.3, -0.25) is 14.5 Å². The fourth-order valence-corrected chi connectivity index (χ4v) is 3.56. The smallest absolute Gasteiger partial charge is 0.234 e. The minimum Gasteiger partial charge on any atom is -0.489 e. The molecule has 2 aliphatic rings. The highest BCUT2D eigenvalue weighted by Crippen LogP contribution is 2.38. The van der Waals surface area contributed by atoms with Crippen LogP contribution in [0.3, 0.4) is 0 Å². The zero-order chi connectivity index (χ0) is 19.9. The van der Waals surface area contributed by atoms with Gasteiger partial charge in [0, 0.05) is 39.1 Å². The second-order valence-electron chi connectivity index (χ2n) is 6.88. The van der Waals surface area contributed by atoms with Gasteiger partial charge in [-0.15, -0.1) is 6.58 Å². The average molecular weight is 408 g/mol. The highest BCUT2D eigenvalue weighted by atomic mass is 35.5. The average Bonchev–Trinajstić information content (AvgIpc) is 2.93. The third-order valence-electron chi connectivity index (χ3n) is 4.75. The minimum absolute atomic E-state index is 0.0264. The van der Waals surface area contributed by atoms with Crippen molar-refractivity contribution in [2.24, 2.45) is 0 Å². The van der Waals surface area contributed by atoms with Crippen molar-refractivity contribution in [3.8, 4) is 11.5 Å². The molecule has 7 nitrogen and oxygen atoms in total. The van der Waals surface area contributed by atoms with Crippen LogP contribution in [-0.4, -0.2) is 74.1 Å². The number of benzene rings is 1. The molecule has 1 saturated heterocycles. The van der Waals surface area contributed by atoms with Crippen LogP contribution in [0, 0.1) is 0 Å². The third-order valence-corrected chi connectivity index (χ3v) is 5.03. The Balaban J connectivity index is 1.52. The Morgan fingerprint density at radius 1 is 1.18 bits per heavy atom. The molecule has 0 bridgehead atoms. The fourth-order valence-electron chi connectivity index (χ4n) is 3.27. The topological polar surface area (TPSA) is 71.1 Å². The van der Waals surface area contributed by atoms with Gasteiger partial charge in [0.15, 0.2) is 11.5 Å². The van der Waals surface area contributed by atoms with Crippen molar-refractivity contribution in [1.82, 2.24) is 15.1 Å². The number of nitrogens with one attached hydrogen (secondary N) is 1. The van der Waals surface area contributed by atoms with E-state index < -0.39 is 0 Å². The van der Waals surface area contributed by atoms with Gasteiger partial charge < -0.3 is 19.7 Å². The van der Waals surface area contributed by atoms with Crippen molar-refractivity contribution in [1.29, 1.82) is 0 Å². The van der Waals surface area contributed by atoms with Gasteiger partial charge in [0.2, 0.25) is 11.8 Å². The second-order valence-corrected chi connectivity index (χ2v) is 7.29. The normalized spacial score (nSPS) is 17.0. The van der Waals surface area contributed by atoms with Gasteiger partial charge in [-0.05, 0) is 17.7 Å². The van der Waals surface area contributed by atoms with Crippen molar-refractivity contribution < 1.29 is 19.1 Å². The van der Waals surface area contributed by atoms with Gasteiger partial charge in [-0.2, -0.15) is 0 Å². The molecule has 0 radical (unpaired) electrons. The van der Waals surface area contributed by atoms with E-state index in [1.165, 1.54) is 0 Å². The van der Waals surface area contributed by atoms with E-state index in [0.29, 0.717) is 69.0 Å². The first-order valence-electron chi connectivity index (χ1n) is 9.52. The quantitative estimate of drug-likeness (QED) is 0.723. The first kappa shape index (κ1) is 20.5. The van der Waals surface area contributed by atoms with Gasteiger partial charge in [0.25, 0.3) is 0 Å². The summed E-state index contributed by atoms with van der Waals surface area (Å²) in [5.74, 6) is 1.17. The SMILES string of the molecule is C=CCNC(=O)CN1CCN(C(=O)Cc2cc(Cl)c3c(c2)OCCCO3)CC1. The lowest BCUT2D eigenvalue weighted by Crippen LogP contribution is -2.51. The van der Waals surface area contributed by atoms with Crippen LogP contribution in [0.2, 0.25) is 5.02 Å². The van der Waals surface area contributed by atoms with Crippen LogP contribution in [0.15, 0.2) is 24.8 Å². The van der Waals surface area contributed by atoms with E-state index in [1.807, 2.05) is 15.9 Å². The third kappa shape index (κ3) is 5.39. The second kappa shape index (κ2) is 9.80. The Kier molecular flexibility index (Phi) is 7.17. The van der Waals surface area contributed by atoms with Crippen LogP contribution in [0.4, 0.5) is 0 Å². The zero-order valence-corrected chi connectivity index (χ0v) is 16.7. The lowest BCUT2D eigenvalue weighted by atomic mass is 10.1. The summed E-state index contributed by atoms with van der Waals surface area (Å²) < 4.78 is 11.3. The molecule has 0 aliphatic carbocycles. The van der Waals surface area contributed by atoms with E-state index in [1.54, 1.807) is 12.1 Å². The van der Waals surface area contributed by atoms with Crippen molar-refractivity contribution in [3.05, 3.63) is 35.4 Å². The number of hydrogen-bond donors (Lipinski definition) is 1. The van der Waals surface area contributed by atoms with E-state index in [9.17, 15) is 9.59 Å². The Morgan fingerprint density at radius 3 is 2.68 bits per heavy atom. The summed E-state index contributed by atoms with van der Waals surface area (Å²) in [6.07, 6.45) is 2.71. The number of nitrogens with zero attached hydrogens (tertiary/aromatic N) is 2. The van der Waals surface area contributed by atoms with Crippen molar-refractivity contribution in [3.63, 3.8) is 0 Å². The molecule has 2 aliphatic heterocycles. The summed E-state index contributed by atoms with van der Waals surface area (Å²) in [5, 5.41) is 3.24. The van der Waals surface area contributed by atoms with Crippen LogP contribution >= 0.6 is 11.6 Å². The molecule has 1 fully saturated rings. The number of carbonyl (C=O) groups is 2. The van der Waals surface area contributed by atoms with E-state index in [2.05, 4.69) is 11.9 Å². The number of rotatable bonds is 6. The number of amides is 2. The number of hydrogen-bond acceptors (Lipinski definition) is 5. The van der Waals surface area contributed by atoms with Gasteiger partial charge >= 0.3 is 0 Å². The molecule has 1 N–H and O–H groups in total. The van der Waals surface area contributed by atoms with Crippen molar-refractivity contribution in [2.75, 3.05) is 52.5 Å². The zero-order valence-electron chi connectivity index (χ0n) is 15.9. The van der Waals surface area contributed by atoms with E-state index >= 15 is 0 Å². The number of piperazine rings is 1. The maximum absolute atomic E-state index is 12.7. The molecule has 2 heterocycles. The molecular formula is C20H26ClN3O4. The lowest BCUT2D eigenvalue weighted by molar-refractivity contribution is -0.132. The Hall–Kier alpha value is -2.25. The summed E-state index contributed by atoms with van der Waals surface area (Å²) in [4.78, 5) is 28.3. The van der Waals surface area contributed by atoms with Crippen molar-refractivity contribution >= 4 is 23.4 Å². The molecule has 0 spiro atoms. The molecule has 28 heavy (non-hydrogen) atoms. The summed E-state index contributed by atoms with van der Waals surface area (Å²) in [6, 6.07) is 3.61. The molecule has 0 saturated carbocycles. The van der Waals surface area contributed by atoms with Gasteiger partial charge in [-0.25, -0.2) is 0 Å². The fraction of sp³-hybridized carbons (Fsp3) is 0.500. The molecule has 152 valence electrons. The molecule has 1 aromatic rings. The highest BCUT2D eigenvalue weighted by Gasteiger charge is 2.23. The van der Waals surface area contributed by atoms with Gasteiger partial charge in [0.1, 0.15) is 0 Å². The number of halogens is 1. The lowest BCUT2D eigenvalue weighted by Gasteiger charge is -2.34. The predicted octanol–water partition coefficient (Wildman–Crippen LogP) is 1.49. The van der Waals surface area contributed by atoms with Crippen LogP contribution in [0.5, 0.6) is 11.5 Å². The maximum Gasteiger partial charge on any atom is 0.234 e. The maximum atomic E-state index is 12.7. The van der Waals surface area contributed by atoms with Gasteiger partial charge in [0.05, 0.1) is 31.2 Å². The van der Waals surface area contributed by atoms with Gasteiger partial charge in [-0.1, -0.05) is 17.7 Å². The largest absolute Gasteiger partial charge is 0.489 e. The molecule has 1 aromatic carbocycles. The molecular weight excluding hydrogens is 382 g/mol. The number of ether oxygens (including phenoxy) is 2. The molecule has 0 aromatic heterocycles. The van der Waals surface area contributed by atoms with E-state index in [-0.39, 0.29) is 18.2 Å². The highest BCUT2D eigenvalue weighted by molar-refractivity contribution is 6.32. The first-order valence-corrected chi connectivity index (χ1v) is 9.90. The molecule has 8 heteroatoms. The standard InChI is InChI=1S/C20H26ClN3O4/c1-2-4-22-18(25)14-23-5-7-24(8-6-23)19(26)13-15-11-16(21)20-17(12-15)27-9-3-10-28-20/h2,11-12H,1,3-10,13-14H2,(H,22,25). The van der Waals surface area contributed by atoms with E-state index in [0.717, 1.165) is 12.0 Å². The number of fused-ring (bicyclic) bond motifs is 1. The molecule has 2 amide bonds. The molecule has 0 atom stereocenters. The Morgan fingerprint density at radius 2 is 1.93 bits per heavy atom. The van der Waals surface area contributed by atoms with Crippen molar-refractivity contribution in [2.45, 2.75) is 12.8 Å². The molecule has 0 unspecified atom stereocenters. The summed E-state index contributed by atoms with van der Waals surface area (Å²) in [7, 11) is 0. The number of carbonyl (C=O) groups excluding carboxylic acids is 2. The monoisotopic (exact) mass is 407 g/mol. The van der Waals surface area contributed by atoms with Crippen LogP contribution in [0.25, 0.3) is 0 Å².